The van der Waals surface area contributed by atoms with Crippen LogP contribution in [0, 0.1) is 17.8 Å². The average Bonchev–Trinajstić information content (AvgIpc) is 3.14. The van der Waals surface area contributed by atoms with Gasteiger partial charge in [-0.05, 0) is 67.7 Å². The Hall–Kier alpha value is -4.88. The summed E-state index contributed by atoms with van der Waals surface area (Å²) in [5, 5.41) is 13.4. The van der Waals surface area contributed by atoms with Crippen molar-refractivity contribution in [3.8, 4) is 0 Å². The smallest absolute Gasteiger partial charge is 0.407 e. The minimum Gasteiger partial charge on any atom is -0.449 e. The molecule has 0 saturated heterocycles. The number of nitrogens with zero attached hydrogens (tertiary/aromatic N) is 2. The third-order valence-electron chi connectivity index (χ3n) is 8.68. The van der Waals surface area contributed by atoms with E-state index in [1.807, 2.05) is 27.7 Å². The molecule has 2 aromatic heterocycles. The van der Waals surface area contributed by atoms with Crippen molar-refractivity contribution in [2.75, 3.05) is 13.2 Å². The Kier molecular flexibility index (Phi) is 17.2. The lowest BCUT2D eigenvalue weighted by Crippen LogP contribution is -2.58. The van der Waals surface area contributed by atoms with E-state index in [4.69, 9.17) is 4.74 Å². The van der Waals surface area contributed by atoms with E-state index in [2.05, 4.69) is 36.6 Å². The van der Waals surface area contributed by atoms with Gasteiger partial charge in [-0.2, -0.15) is 0 Å². The molecule has 1 saturated carbocycles. The van der Waals surface area contributed by atoms with Gasteiger partial charge in [0.2, 0.25) is 23.5 Å². The molecule has 1 fully saturated rings. The summed E-state index contributed by atoms with van der Waals surface area (Å²) < 4.78 is 5.30. The van der Waals surface area contributed by atoms with Crippen LogP contribution in [0.25, 0.3) is 0 Å². The first-order chi connectivity index (χ1) is 24.9. The van der Waals surface area contributed by atoms with Crippen LogP contribution in [0.5, 0.6) is 0 Å². The fourth-order valence-electron chi connectivity index (χ4n) is 6.08. The third kappa shape index (κ3) is 13.7. The third-order valence-corrected chi connectivity index (χ3v) is 8.68. The molecule has 5 N–H and O–H groups in total. The molecule has 14 heteroatoms. The molecule has 1 aliphatic rings. The minimum absolute atomic E-state index is 0.0173. The Balaban J connectivity index is 1.66. The van der Waals surface area contributed by atoms with Gasteiger partial charge >= 0.3 is 6.09 Å². The number of carbonyl (C=O) groups is 6. The van der Waals surface area contributed by atoms with Crippen LogP contribution in [-0.2, 0) is 28.7 Å². The van der Waals surface area contributed by atoms with Crippen molar-refractivity contribution in [3.05, 3.63) is 60.2 Å². The topological polar surface area (TPSA) is 198 Å². The van der Waals surface area contributed by atoms with Crippen molar-refractivity contribution < 1.29 is 33.5 Å². The summed E-state index contributed by atoms with van der Waals surface area (Å²) >= 11 is 0. The molecule has 0 radical (unpaired) electrons. The molecule has 284 valence electrons. The second kappa shape index (κ2) is 21.5. The number of Topliss-reactive ketones (excluding diaryl/α,β-unsaturated/α-hetero) is 1. The number of ether oxygens (including phenoxy) is 1. The highest BCUT2D eigenvalue weighted by molar-refractivity contribution is 6.38. The van der Waals surface area contributed by atoms with Crippen molar-refractivity contribution >= 4 is 35.5 Å². The highest BCUT2D eigenvalue weighted by Gasteiger charge is 2.35. The Morgan fingerprint density at radius 3 is 1.92 bits per heavy atom. The molecule has 3 atom stereocenters. The number of pyridine rings is 2. The number of hydrogen-bond donors (Lipinski definition) is 5. The minimum atomic E-state index is -1.19. The predicted octanol–water partition coefficient (Wildman–Crippen LogP) is 3.51. The molecule has 14 nitrogen and oxygen atoms in total. The number of alkyl carbamates (subject to hydrolysis) is 1. The quantitative estimate of drug-likeness (QED) is 0.135. The highest BCUT2D eigenvalue weighted by atomic mass is 16.5. The molecule has 0 aromatic carbocycles. The zero-order valence-corrected chi connectivity index (χ0v) is 31.0. The van der Waals surface area contributed by atoms with Crippen molar-refractivity contribution in [3.63, 3.8) is 0 Å². The maximum absolute atomic E-state index is 13.7. The summed E-state index contributed by atoms with van der Waals surface area (Å²) in [4.78, 5) is 88.0. The van der Waals surface area contributed by atoms with Gasteiger partial charge in [-0.15, -0.1) is 0 Å². The lowest BCUT2D eigenvalue weighted by atomic mass is 9.83. The number of hydrogen-bond acceptors (Lipinski definition) is 9. The number of rotatable bonds is 19. The molecular weight excluding hydrogens is 666 g/mol. The largest absolute Gasteiger partial charge is 0.449 e. The van der Waals surface area contributed by atoms with E-state index in [1.54, 1.807) is 55.7 Å². The monoisotopic (exact) mass is 721 g/mol. The number of carbonyl (C=O) groups excluding carboxylic acids is 6. The molecule has 2 heterocycles. The number of nitrogens with one attached hydrogen (secondary N) is 5. The summed E-state index contributed by atoms with van der Waals surface area (Å²) in [6.07, 6.45) is 7.74. The molecule has 3 rings (SSSR count). The Morgan fingerprint density at radius 2 is 1.38 bits per heavy atom. The maximum Gasteiger partial charge on any atom is 0.407 e. The molecule has 2 aromatic rings. The van der Waals surface area contributed by atoms with Crippen molar-refractivity contribution in [1.82, 2.24) is 36.6 Å². The fraction of sp³-hybridized carbons (Fsp3) is 0.579. The van der Waals surface area contributed by atoms with E-state index in [0.717, 1.165) is 32.1 Å². The second-order valence-corrected chi connectivity index (χ2v) is 14.1. The zero-order valence-electron chi connectivity index (χ0n) is 31.0. The molecule has 1 aliphatic carbocycles. The molecule has 0 bridgehead atoms. The first-order valence-corrected chi connectivity index (χ1v) is 18.4. The van der Waals surface area contributed by atoms with Gasteiger partial charge in [0, 0.05) is 12.4 Å². The van der Waals surface area contributed by atoms with Crippen LogP contribution in [0.2, 0.25) is 0 Å². The molecule has 3 unspecified atom stereocenters. The van der Waals surface area contributed by atoms with Crippen molar-refractivity contribution in [2.24, 2.45) is 17.8 Å². The van der Waals surface area contributed by atoms with Crippen LogP contribution in [-0.4, -0.2) is 76.8 Å². The normalized spacial score (nSPS) is 14.9. The van der Waals surface area contributed by atoms with E-state index in [-0.39, 0.29) is 37.2 Å². The predicted molar refractivity (Wildman–Crippen MR) is 194 cm³/mol. The van der Waals surface area contributed by atoms with Crippen LogP contribution < -0.4 is 26.6 Å². The SMILES string of the molecule is CCCC(NC(=O)C(CC(C)C)NC(=O)C(NC(=O)OCC(C)C)C1CCCCC1)C(=O)C(=O)NCC(=O)NC(c1ccccn1)c1ccccn1. The summed E-state index contributed by atoms with van der Waals surface area (Å²) in [6.45, 7) is 9.11. The Labute approximate surface area is 306 Å². The van der Waals surface area contributed by atoms with Crippen molar-refractivity contribution in [2.45, 2.75) is 110 Å². The lowest BCUT2D eigenvalue weighted by Gasteiger charge is -2.31. The van der Waals surface area contributed by atoms with E-state index >= 15 is 0 Å². The first kappa shape index (κ1) is 41.5. The first-order valence-electron chi connectivity index (χ1n) is 18.4. The van der Waals surface area contributed by atoms with Crippen LogP contribution >= 0.6 is 0 Å². The Bertz CT molecular complexity index is 1430. The standard InChI is InChI=1S/C38H55N7O7/c1-6-14-29(34(47)37(50)41-22-31(46)44-33(27-17-10-12-19-39-27)28-18-11-13-20-40-28)42-35(48)30(21-24(2)3)43-36(49)32(26-15-8-7-9-16-26)45-38(51)52-23-25(4)5/h10-13,17-20,24-26,29-30,32-33H,6-9,14-16,21-23H2,1-5H3,(H,41,50)(H,42,48)(H,43,49)(H,44,46)(H,45,51). The second-order valence-electron chi connectivity index (χ2n) is 14.1. The van der Waals surface area contributed by atoms with E-state index in [1.165, 1.54) is 0 Å². The molecule has 0 aliphatic heterocycles. The molecule has 0 spiro atoms. The number of amides is 5. The Morgan fingerprint density at radius 1 is 0.769 bits per heavy atom. The number of ketones is 1. The van der Waals surface area contributed by atoms with Crippen LogP contribution in [0.1, 0.15) is 103 Å². The molecular formula is C38H55N7O7. The van der Waals surface area contributed by atoms with Gasteiger partial charge in [0.1, 0.15) is 18.1 Å². The summed E-state index contributed by atoms with van der Waals surface area (Å²) in [5.41, 5.74) is 1.08. The maximum atomic E-state index is 13.7. The lowest BCUT2D eigenvalue weighted by molar-refractivity contribution is -0.141. The van der Waals surface area contributed by atoms with Gasteiger partial charge in [-0.3, -0.25) is 33.9 Å². The van der Waals surface area contributed by atoms with Crippen molar-refractivity contribution in [1.29, 1.82) is 0 Å². The van der Waals surface area contributed by atoms with Crippen LogP contribution in [0.15, 0.2) is 48.8 Å². The van der Waals surface area contributed by atoms with E-state index in [9.17, 15) is 28.8 Å². The summed E-state index contributed by atoms with van der Waals surface area (Å²) in [7, 11) is 0. The molecule has 52 heavy (non-hydrogen) atoms. The van der Waals surface area contributed by atoms with Crippen LogP contribution in [0.3, 0.4) is 0 Å². The van der Waals surface area contributed by atoms with E-state index < -0.39 is 66.2 Å². The average molecular weight is 722 g/mol. The van der Waals surface area contributed by atoms with Gasteiger partial charge in [0.15, 0.2) is 0 Å². The van der Waals surface area contributed by atoms with Gasteiger partial charge < -0.3 is 31.3 Å². The zero-order chi connectivity index (χ0) is 38.0. The van der Waals surface area contributed by atoms with Gasteiger partial charge in [-0.25, -0.2) is 4.79 Å². The van der Waals surface area contributed by atoms with Gasteiger partial charge in [0.25, 0.3) is 5.91 Å². The summed E-state index contributed by atoms with van der Waals surface area (Å²) in [6, 6.07) is 6.70. The molecule has 5 amide bonds. The van der Waals surface area contributed by atoms with E-state index in [0.29, 0.717) is 17.8 Å². The van der Waals surface area contributed by atoms with Gasteiger partial charge in [0.05, 0.1) is 30.6 Å². The van der Waals surface area contributed by atoms with Gasteiger partial charge in [-0.1, -0.05) is 72.4 Å². The van der Waals surface area contributed by atoms with Crippen LogP contribution in [0.4, 0.5) is 4.79 Å². The summed E-state index contributed by atoms with van der Waals surface area (Å²) in [5.74, 6) is -3.69. The highest BCUT2D eigenvalue weighted by Crippen LogP contribution is 2.27. The fourth-order valence-corrected chi connectivity index (χ4v) is 6.08. The number of aromatic nitrogens is 2.